The Morgan fingerprint density at radius 2 is 2.21 bits per heavy atom. The number of para-hydroxylation sites is 1. The van der Waals surface area contributed by atoms with Crippen molar-refractivity contribution in [3.8, 4) is 11.6 Å². The second kappa shape index (κ2) is 4.38. The first kappa shape index (κ1) is 11.7. The topological polar surface area (TPSA) is 70.1 Å². The highest BCUT2D eigenvalue weighted by molar-refractivity contribution is 5.53. The Morgan fingerprint density at radius 1 is 1.42 bits per heavy atom. The molecule has 19 heavy (non-hydrogen) atoms. The Morgan fingerprint density at radius 3 is 2.89 bits per heavy atom. The summed E-state index contributed by atoms with van der Waals surface area (Å²) < 4.78 is 20.4. The van der Waals surface area contributed by atoms with Crippen LogP contribution in [0.15, 0.2) is 35.4 Å². The smallest absolute Gasteiger partial charge is 0.313 e. The van der Waals surface area contributed by atoms with Crippen LogP contribution >= 0.6 is 0 Å². The van der Waals surface area contributed by atoms with Gasteiger partial charge in [-0.25, -0.2) is 9.37 Å². The molecule has 0 amide bonds. The van der Waals surface area contributed by atoms with Crippen LogP contribution in [0.4, 0.5) is 10.1 Å². The highest BCUT2D eigenvalue weighted by Gasteiger charge is 2.26. The van der Waals surface area contributed by atoms with Gasteiger partial charge in [-0.15, -0.1) is 0 Å². The molecule has 2 N–H and O–H groups in total. The molecule has 1 aliphatic carbocycles. The Bertz CT molecular complexity index is 660. The van der Waals surface area contributed by atoms with Gasteiger partial charge in [-0.2, -0.15) is 0 Å². The van der Waals surface area contributed by atoms with Gasteiger partial charge in [-0.3, -0.25) is 4.79 Å². The minimum atomic E-state index is -0.622. The fourth-order valence-corrected chi connectivity index (χ4v) is 1.85. The number of ether oxygens (including phenoxy) is 1. The van der Waals surface area contributed by atoms with Crippen LogP contribution in [0.25, 0.3) is 0 Å². The van der Waals surface area contributed by atoms with Crippen LogP contribution in [-0.4, -0.2) is 9.55 Å². The summed E-state index contributed by atoms with van der Waals surface area (Å²) in [6.45, 7) is 0. The predicted molar refractivity (Wildman–Crippen MR) is 67.7 cm³/mol. The molecule has 0 atom stereocenters. The van der Waals surface area contributed by atoms with E-state index in [0.717, 1.165) is 12.8 Å². The lowest BCUT2D eigenvalue weighted by atomic mass is 10.3. The number of hydrogen-bond donors (Lipinski definition) is 1. The summed E-state index contributed by atoms with van der Waals surface area (Å²) >= 11 is 0. The van der Waals surface area contributed by atoms with Gasteiger partial charge < -0.3 is 15.0 Å². The lowest BCUT2D eigenvalue weighted by Gasteiger charge is -2.09. The zero-order valence-electron chi connectivity index (χ0n) is 10.0. The molecule has 1 saturated carbocycles. The second-order valence-electron chi connectivity index (χ2n) is 4.44. The zero-order chi connectivity index (χ0) is 13.4. The molecule has 1 aromatic carbocycles. The van der Waals surface area contributed by atoms with Gasteiger partial charge >= 0.3 is 5.56 Å². The van der Waals surface area contributed by atoms with Crippen molar-refractivity contribution in [3.05, 3.63) is 46.8 Å². The summed E-state index contributed by atoms with van der Waals surface area (Å²) in [5.41, 5.74) is 5.39. The molecular weight excluding hydrogens is 249 g/mol. The number of halogens is 1. The normalized spacial score (nSPS) is 14.4. The van der Waals surface area contributed by atoms with Gasteiger partial charge in [0.15, 0.2) is 11.6 Å². The van der Waals surface area contributed by atoms with Crippen molar-refractivity contribution in [2.75, 3.05) is 5.73 Å². The summed E-state index contributed by atoms with van der Waals surface area (Å²) in [6.07, 6.45) is 5.00. The van der Waals surface area contributed by atoms with Crippen molar-refractivity contribution in [2.45, 2.75) is 18.9 Å². The van der Waals surface area contributed by atoms with E-state index in [0.29, 0.717) is 0 Å². The van der Waals surface area contributed by atoms with E-state index >= 15 is 0 Å². The van der Waals surface area contributed by atoms with Gasteiger partial charge in [-0.05, 0) is 25.0 Å². The average Bonchev–Trinajstić information content (AvgIpc) is 3.20. The molecular formula is C13H12FN3O2. The Balaban J connectivity index is 2.00. The van der Waals surface area contributed by atoms with E-state index in [2.05, 4.69) is 4.98 Å². The first-order valence-corrected chi connectivity index (χ1v) is 5.96. The second-order valence-corrected chi connectivity index (χ2v) is 4.44. The highest BCUT2D eigenvalue weighted by atomic mass is 19.1. The number of rotatable bonds is 3. The van der Waals surface area contributed by atoms with Crippen LogP contribution in [0.5, 0.6) is 11.6 Å². The van der Waals surface area contributed by atoms with E-state index in [9.17, 15) is 9.18 Å². The number of nitrogen functional groups attached to an aromatic ring is 1. The maximum absolute atomic E-state index is 13.6. The molecule has 0 saturated heterocycles. The summed E-state index contributed by atoms with van der Waals surface area (Å²) in [6, 6.07) is 4.39. The number of aromatic nitrogens is 2. The summed E-state index contributed by atoms with van der Waals surface area (Å²) in [5.74, 6) is -0.949. The standard InChI is InChI=1S/C13H12FN3O2/c14-9-2-1-3-10(15)11(9)19-12-13(18)17(7-6-16-12)8-4-5-8/h1-3,6-8H,4-5,15H2. The molecule has 5 nitrogen and oxygen atoms in total. The first-order valence-electron chi connectivity index (χ1n) is 5.96. The molecule has 1 heterocycles. The first-order chi connectivity index (χ1) is 9.16. The van der Waals surface area contributed by atoms with Crippen molar-refractivity contribution in [1.82, 2.24) is 9.55 Å². The molecule has 1 fully saturated rings. The summed E-state index contributed by atoms with van der Waals surface area (Å²) in [4.78, 5) is 15.9. The van der Waals surface area contributed by atoms with Crippen LogP contribution in [0.2, 0.25) is 0 Å². The monoisotopic (exact) mass is 261 g/mol. The molecule has 0 bridgehead atoms. The van der Waals surface area contributed by atoms with Crippen LogP contribution in [0.1, 0.15) is 18.9 Å². The largest absolute Gasteiger partial charge is 0.429 e. The molecule has 0 spiro atoms. The quantitative estimate of drug-likeness (QED) is 0.859. The Labute approximate surface area is 108 Å². The third kappa shape index (κ3) is 2.16. The van der Waals surface area contributed by atoms with Gasteiger partial charge in [0, 0.05) is 18.4 Å². The molecule has 0 aliphatic heterocycles. The maximum atomic E-state index is 13.6. The molecule has 0 radical (unpaired) electrons. The average molecular weight is 261 g/mol. The minimum Gasteiger partial charge on any atom is -0.429 e. The van der Waals surface area contributed by atoms with Crippen molar-refractivity contribution < 1.29 is 9.13 Å². The van der Waals surface area contributed by atoms with E-state index in [-0.39, 0.29) is 28.9 Å². The van der Waals surface area contributed by atoms with Gasteiger partial charge in [0.05, 0.1) is 5.69 Å². The predicted octanol–water partition coefficient (Wildman–Crippen LogP) is 2.09. The van der Waals surface area contributed by atoms with Crippen LogP contribution in [0, 0.1) is 5.82 Å². The Kier molecular flexibility index (Phi) is 2.70. The number of nitrogens with zero attached hydrogens (tertiary/aromatic N) is 2. The fraction of sp³-hybridized carbons (Fsp3) is 0.231. The van der Waals surface area contributed by atoms with Gasteiger partial charge in [-0.1, -0.05) is 6.07 Å². The lowest BCUT2D eigenvalue weighted by Crippen LogP contribution is -2.20. The van der Waals surface area contributed by atoms with E-state index in [1.54, 1.807) is 10.8 Å². The highest BCUT2D eigenvalue weighted by Crippen LogP contribution is 2.34. The zero-order valence-corrected chi connectivity index (χ0v) is 10.0. The number of anilines is 1. The van der Waals surface area contributed by atoms with Gasteiger partial charge in [0.25, 0.3) is 5.88 Å². The fourth-order valence-electron chi connectivity index (χ4n) is 1.85. The lowest BCUT2D eigenvalue weighted by molar-refractivity contribution is 0.416. The maximum Gasteiger partial charge on any atom is 0.313 e. The Hall–Kier alpha value is -2.37. The third-order valence-electron chi connectivity index (χ3n) is 2.97. The van der Waals surface area contributed by atoms with Crippen LogP contribution in [0.3, 0.4) is 0 Å². The molecule has 2 aromatic rings. The van der Waals surface area contributed by atoms with Crippen molar-refractivity contribution in [1.29, 1.82) is 0 Å². The number of benzene rings is 1. The van der Waals surface area contributed by atoms with E-state index < -0.39 is 5.82 Å². The molecule has 3 rings (SSSR count). The van der Waals surface area contributed by atoms with E-state index in [1.807, 2.05) is 0 Å². The van der Waals surface area contributed by atoms with Gasteiger partial charge in [0.2, 0.25) is 0 Å². The summed E-state index contributed by atoms with van der Waals surface area (Å²) in [7, 11) is 0. The van der Waals surface area contributed by atoms with Gasteiger partial charge in [0.1, 0.15) is 0 Å². The molecule has 98 valence electrons. The molecule has 1 aliphatic rings. The number of nitrogens with two attached hydrogens (primary N) is 1. The molecule has 1 aromatic heterocycles. The SMILES string of the molecule is Nc1cccc(F)c1Oc1nccn(C2CC2)c1=O. The van der Waals surface area contributed by atoms with Crippen molar-refractivity contribution >= 4 is 5.69 Å². The van der Waals surface area contributed by atoms with Crippen LogP contribution in [-0.2, 0) is 0 Å². The molecule has 6 heteroatoms. The van der Waals surface area contributed by atoms with Crippen molar-refractivity contribution in [2.24, 2.45) is 0 Å². The molecule has 0 unspecified atom stereocenters. The minimum absolute atomic E-state index is 0.128. The third-order valence-corrected chi connectivity index (χ3v) is 2.97. The van der Waals surface area contributed by atoms with Crippen molar-refractivity contribution in [3.63, 3.8) is 0 Å². The van der Waals surface area contributed by atoms with E-state index in [1.165, 1.54) is 24.4 Å². The summed E-state index contributed by atoms with van der Waals surface area (Å²) in [5, 5.41) is 0. The number of hydrogen-bond acceptors (Lipinski definition) is 4. The van der Waals surface area contributed by atoms with E-state index in [4.69, 9.17) is 10.5 Å². The van der Waals surface area contributed by atoms with Crippen LogP contribution < -0.4 is 16.0 Å².